The molecule has 1 heterocycles. The summed E-state index contributed by atoms with van der Waals surface area (Å²) in [6.07, 6.45) is 6.41. The van der Waals surface area contributed by atoms with Gasteiger partial charge in [0.1, 0.15) is 0 Å². The fraction of sp³-hybridized carbons (Fsp3) is 0. The molecule has 20 valence electrons. The van der Waals surface area contributed by atoms with Gasteiger partial charge in [-0.2, -0.15) is 9.56 Å². The topological polar surface area (TPSA) is 0 Å². The van der Waals surface area contributed by atoms with E-state index in [-0.39, 0.29) is 18.9 Å². The Kier molecular flexibility index (Phi) is 2.53. The Labute approximate surface area is 53.9 Å². The quantitative estimate of drug-likeness (QED) is 0.163. The predicted molar refractivity (Wildman–Crippen MR) is 20.7 cm³/mol. The predicted octanol–water partition coefficient (Wildman–Crippen LogP) is -3.29. The molecule has 0 bridgehead atoms. The molecule has 0 spiro atoms. The Bertz CT molecular complexity index is 126. The second kappa shape index (κ2) is 2.43. The van der Waals surface area contributed by atoms with E-state index in [0.29, 0.717) is 0 Å². The normalized spacial score (nSPS) is 9.50. The largest absolute Gasteiger partial charge is 1.00 e. The van der Waals surface area contributed by atoms with Crippen molar-refractivity contribution in [1.82, 2.24) is 0 Å². The van der Waals surface area contributed by atoms with Gasteiger partial charge >= 0.3 is 33.0 Å². The van der Waals surface area contributed by atoms with Gasteiger partial charge in [-0.3, -0.25) is 0 Å². The van der Waals surface area contributed by atoms with Crippen molar-refractivity contribution in [2.24, 2.45) is 0 Å². The van der Waals surface area contributed by atoms with E-state index < -0.39 is 14.1 Å². The smallest absolute Gasteiger partial charge is 0.716 e. The van der Waals surface area contributed by atoms with Crippen LogP contribution >= 0.6 is 0 Å². The second-order valence-corrected chi connectivity index (χ2v) is 2.60. The van der Waals surface area contributed by atoms with Crippen LogP contribution in [0.1, 0.15) is 0 Å². The van der Waals surface area contributed by atoms with Crippen LogP contribution in [0.15, 0.2) is 0 Å². The summed E-state index contributed by atoms with van der Waals surface area (Å²) in [6.45, 7) is 0. The zero-order valence-corrected chi connectivity index (χ0v) is 4.73. The minimum atomic E-state index is -0.983. The van der Waals surface area contributed by atoms with Crippen molar-refractivity contribution in [3.8, 4) is 14.3 Å². The first-order valence-corrected chi connectivity index (χ1v) is 3.10. The molecule has 0 aliphatic carbocycles. The van der Waals surface area contributed by atoms with Crippen molar-refractivity contribution in [3.63, 3.8) is 0 Å². The first-order chi connectivity index (χ1) is 2.43. The Morgan fingerprint density at radius 3 is 2.00 bits per heavy atom. The molecule has 1 aliphatic heterocycles. The van der Waals surface area contributed by atoms with Crippen LogP contribution in [0.3, 0.4) is 0 Å². The van der Waals surface area contributed by atoms with Crippen molar-refractivity contribution in [3.05, 3.63) is 6.42 Å². The van der Waals surface area contributed by atoms with Crippen molar-refractivity contribution in [2.75, 3.05) is 0 Å². The molecule has 0 unspecified atom stereocenters. The summed E-state index contributed by atoms with van der Waals surface area (Å²) in [7, 11) is 0. The average Bonchev–Trinajstić information content (AvgIpc) is 2.12. The molecule has 0 aromatic carbocycles. The molecule has 0 saturated carbocycles. The van der Waals surface area contributed by atoms with Crippen molar-refractivity contribution in [2.45, 2.75) is 0 Å². The van der Waals surface area contributed by atoms with Gasteiger partial charge < -0.3 is 11.2 Å². The maximum absolute atomic E-state index is 6.41. The van der Waals surface area contributed by atoms with E-state index in [1.165, 1.54) is 0 Å². The standard InChI is InChI=1S/2C2.Al.Li/c2*1-2;;/q;-1;;+1. The SMILES string of the molecule is [C-]#[C][Al]1[C]#[C]1.[Li+]. The van der Waals surface area contributed by atoms with E-state index >= 15 is 0 Å². The van der Waals surface area contributed by atoms with Gasteiger partial charge in [0, 0.05) is 0 Å². The average molecular weight is 82.0 g/mol. The minimum Gasteiger partial charge on any atom is -0.716 e. The summed E-state index contributed by atoms with van der Waals surface area (Å²) in [6, 6.07) is 0. The van der Waals surface area contributed by atoms with Gasteiger partial charge in [0.2, 0.25) is 0 Å². The second-order valence-electron chi connectivity index (χ2n) is 0.866. The summed E-state index contributed by atoms with van der Waals surface area (Å²) in [5.74, 6) is 0. The van der Waals surface area contributed by atoms with Gasteiger partial charge in [-0.05, 0) is 0 Å². The van der Waals surface area contributed by atoms with Crippen molar-refractivity contribution in [1.29, 1.82) is 0 Å². The number of rotatable bonds is 0. The van der Waals surface area contributed by atoms with Crippen molar-refractivity contribution >= 4 is 14.1 Å². The molecular weight excluding hydrogens is 82.0 g/mol. The summed E-state index contributed by atoms with van der Waals surface area (Å²) in [5, 5.41) is 0. The first kappa shape index (κ1) is 6.25. The fourth-order valence-electron chi connectivity index (χ4n) is 0.114. The summed E-state index contributed by atoms with van der Waals surface area (Å²) in [5.41, 5.74) is 0. The molecule has 1 aliphatic rings. The maximum Gasteiger partial charge on any atom is 1.00 e. The Hall–Kier alpha value is 0.250. The molecule has 0 amide bonds. The molecule has 0 aromatic heterocycles. The maximum atomic E-state index is 6.41. The molecule has 0 atom stereocenters. The van der Waals surface area contributed by atoms with Crippen LogP contribution in [0.4, 0.5) is 0 Å². The third-order valence-electron chi connectivity index (χ3n) is 0.433. The monoisotopic (exact) mass is 82.0 g/mol. The first-order valence-electron chi connectivity index (χ1n) is 1.37. The number of hydrogen-bond donors (Lipinski definition) is 0. The molecule has 6 heavy (non-hydrogen) atoms. The van der Waals surface area contributed by atoms with Gasteiger partial charge in [-0.1, -0.05) is 0 Å². The summed E-state index contributed by atoms with van der Waals surface area (Å²) >= 11 is -0.983. The molecule has 0 nitrogen and oxygen atoms in total. The molecule has 0 fully saturated rings. The van der Waals surface area contributed by atoms with E-state index in [1.54, 1.807) is 0 Å². The van der Waals surface area contributed by atoms with E-state index in [1.807, 2.05) is 0 Å². The van der Waals surface area contributed by atoms with E-state index in [9.17, 15) is 0 Å². The van der Waals surface area contributed by atoms with Crippen molar-refractivity contribution < 1.29 is 18.9 Å². The van der Waals surface area contributed by atoms with Crippen LogP contribution in [0, 0.1) is 20.8 Å². The summed E-state index contributed by atoms with van der Waals surface area (Å²) in [4.78, 5) is 7.85. The van der Waals surface area contributed by atoms with E-state index in [0.717, 1.165) is 0 Å². The van der Waals surface area contributed by atoms with Gasteiger partial charge in [-0.25, -0.2) is 0 Å². The van der Waals surface area contributed by atoms with Gasteiger partial charge in [0.05, 0.1) is 0 Å². The van der Waals surface area contributed by atoms with Crippen LogP contribution in [-0.4, -0.2) is 14.1 Å². The molecule has 0 aromatic rings. The minimum absolute atomic E-state index is 0. The zero-order valence-electron chi connectivity index (χ0n) is 3.58. The molecule has 2 heteroatoms. The summed E-state index contributed by atoms with van der Waals surface area (Å²) < 4.78 is 0. The van der Waals surface area contributed by atoms with Crippen LogP contribution in [0.25, 0.3) is 0 Å². The third kappa shape index (κ3) is 1.63. The Morgan fingerprint density at radius 1 is 1.50 bits per heavy atom. The van der Waals surface area contributed by atoms with Gasteiger partial charge in [0.15, 0.2) is 0 Å². The zero-order chi connectivity index (χ0) is 3.70. The van der Waals surface area contributed by atoms with Gasteiger partial charge in [0.25, 0.3) is 0 Å². The Morgan fingerprint density at radius 2 is 2.00 bits per heavy atom. The van der Waals surface area contributed by atoms with Gasteiger partial charge in [-0.15, -0.1) is 0 Å². The van der Waals surface area contributed by atoms with Crippen LogP contribution in [-0.2, 0) is 0 Å². The molecule has 0 saturated heterocycles. The fourth-order valence-corrected chi connectivity index (χ4v) is 0.592. The molecule has 0 N–H and O–H groups in total. The molecular formula is C4AlLi. The molecule has 1 rings (SSSR count). The van der Waals surface area contributed by atoms with E-state index in [4.69, 9.17) is 6.42 Å². The van der Waals surface area contributed by atoms with Crippen LogP contribution in [0.2, 0.25) is 0 Å². The van der Waals surface area contributed by atoms with Crippen LogP contribution in [0.5, 0.6) is 0 Å². The third-order valence-corrected chi connectivity index (χ3v) is 1.30. The molecule has 0 radical (unpaired) electrons. The van der Waals surface area contributed by atoms with E-state index in [2.05, 4.69) is 14.3 Å². The Balaban J connectivity index is 0.000000250. The van der Waals surface area contributed by atoms with Crippen LogP contribution < -0.4 is 18.9 Å². The number of hydrogen-bond acceptors (Lipinski definition) is 0.